The van der Waals surface area contributed by atoms with Gasteiger partial charge in [0, 0.05) is 7.05 Å². The Balaban J connectivity index is 1.77. The van der Waals surface area contributed by atoms with Crippen molar-refractivity contribution in [1.82, 2.24) is 40.1 Å². The zero-order valence-electron chi connectivity index (χ0n) is 10.6. The van der Waals surface area contributed by atoms with Crippen LogP contribution in [0.3, 0.4) is 0 Å². The molecule has 0 unspecified atom stereocenters. The molecule has 0 saturated heterocycles. The topological polar surface area (TPSA) is 110 Å². The van der Waals surface area contributed by atoms with Crippen molar-refractivity contribution in [3.05, 3.63) is 6.33 Å². The molecule has 0 spiro atoms. The first-order chi connectivity index (χ1) is 9.85. The van der Waals surface area contributed by atoms with Crippen molar-refractivity contribution in [2.45, 2.75) is 29.1 Å². The summed E-state index contributed by atoms with van der Waals surface area (Å²) in [5.74, 6) is 0.526. The summed E-state index contributed by atoms with van der Waals surface area (Å²) in [6.45, 7) is 0. The average molecular weight is 289 g/mol. The van der Waals surface area contributed by atoms with E-state index in [1.165, 1.54) is 11.8 Å². The number of nitrogens with one attached hydrogen (secondary N) is 2. The number of nitrogens with zero attached hydrogens (tertiary/aromatic N) is 7. The second kappa shape index (κ2) is 4.40. The maximum absolute atomic E-state index is 4.45. The highest BCUT2D eigenvalue weighted by Crippen LogP contribution is 2.38. The second-order valence-corrected chi connectivity index (χ2v) is 5.40. The van der Waals surface area contributed by atoms with Crippen LogP contribution < -0.4 is 5.32 Å². The SMILES string of the molecule is CNc1nc(Sc2nnnn2C2CC2)c2[nH]cnc2n1. The van der Waals surface area contributed by atoms with E-state index in [9.17, 15) is 0 Å². The molecule has 0 radical (unpaired) electrons. The van der Waals surface area contributed by atoms with Gasteiger partial charge in [-0.1, -0.05) is 0 Å². The van der Waals surface area contributed by atoms with Gasteiger partial charge in [0.2, 0.25) is 11.1 Å². The monoisotopic (exact) mass is 289 g/mol. The van der Waals surface area contributed by atoms with E-state index in [4.69, 9.17) is 0 Å². The van der Waals surface area contributed by atoms with Crippen LogP contribution in [0.5, 0.6) is 0 Å². The molecule has 0 bridgehead atoms. The molecule has 1 aliphatic carbocycles. The summed E-state index contributed by atoms with van der Waals surface area (Å²) in [6, 6.07) is 0.426. The molecule has 1 aliphatic rings. The van der Waals surface area contributed by atoms with Gasteiger partial charge in [0.15, 0.2) is 5.65 Å². The molecule has 10 heteroatoms. The third-order valence-electron chi connectivity index (χ3n) is 3.02. The van der Waals surface area contributed by atoms with Crippen molar-refractivity contribution in [2.24, 2.45) is 0 Å². The Morgan fingerprint density at radius 2 is 2.30 bits per heavy atom. The van der Waals surface area contributed by atoms with Gasteiger partial charge >= 0.3 is 0 Å². The summed E-state index contributed by atoms with van der Waals surface area (Å²) in [7, 11) is 1.77. The molecule has 3 aromatic heterocycles. The van der Waals surface area contributed by atoms with E-state index in [2.05, 4.69) is 40.8 Å². The molecule has 0 aliphatic heterocycles. The normalized spacial score (nSPS) is 14.8. The lowest BCUT2D eigenvalue weighted by Crippen LogP contribution is -2.01. The minimum Gasteiger partial charge on any atom is -0.357 e. The standard InChI is InChI=1S/C10H11N9S/c1-11-9-14-7-6(12-4-13-7)8(15-9)20-10-16-17-18-19(10)5-2-3-5/h4-5H,2-3H2,1H3,(H2,11,12,13,14,15). The summed E-state index contributed by atoms with van der Waals surface area (Å²) in [4.78, 5) is 15.9. The summed E-state index contributed by atoms with van der Waals surface area (Å²) in [5.41, 5.74) is 1.41. The van der Waals surface area contributed by atoms with Crippen LogP contribution in [0.15, 0.2) is 16.5 Å². The van der Waals surface area contributed by atoms with Crippen LogP contribution in [0.1, 0.15) is 18.9 Å². The lowest BCUT2D eigenvalue weighted by atomic mass is 10.5. The molecule has 3 heterocycles. The average Bonchev–Trinajstić information content (AvgIpc) is 3.01. The van der Waals surface area contributed by atoms with Gasteiger partial charge in [-0.2, -0.15) is 4.98 Å². The van der Waals surface area contributed by atoms with E-state index in [-0.39, 0.29) is 0 Å². The maximum atomic E-state index is 4.45. The van der Waals surface area contributed by atoms with Crippen molar-refractivity contribution in [3.8, 4) is 0 Å². The number of aromatic nitrogens is 8. The Bertz CT molecular complexity index is 759. The first kappa shape index (κ1) is 11.6. The molecular weight excluding hydrogens is 278 g/mol. The van der Waals surface area contributed by atoms with Crippen molar-refractivity contribution < 1.29 is 0 Å². The van der Waals surface area contributed by atoms with Crippen LogP contribution in [0.25, 0.3) is 11.2 Å². The molecular formula is C10H11N9S. The highest BCUT2D eigenvalue weighted by molar-refractivity contribution is 7.99. The third kappa shape index (κ3) is 1.88. The Morgan fingerprint density at radius 3 is 3.10 bits per heavy atom. The van der Waals surface area contributed by atoms with Crippen LogP contribution in [-0.4, -0.2) is 47.2 Å². The highest BCUT2D eigenvalue weighted by Gasteiger charge is 2.28. The first-order valence-corrected chi connectivity index (χ1v) is 7.01. The van der Waals surface area contributed by atoms with Gasteiger partial charge in [-0.05, 0) is 35.0 Å². The fourth-order valence-corrected chi connectivity index (χ4v) is 2.79. The molecule has 2 N–H and O–H groups in total. The van der Waals surface area contributed by atoms with Crippen LogP contribution >= 0.6 is 11.8 Å². The van der Waals surface area contributed by atoms with Crippen molar-refractivity contribution in [2.75, 3.05) is 12.4 Å². The summed E-state index contributed by atoms with van der Waals surface area (Å²) in [5, 5.41) is 16.3. The van der Waals surface area contributed by atoms with E-state index in [1.807, 2.05) is 4.68 Å². The number of aromatic amines is 1. The maximum Gasteiger partial charge on any atom is 0.225 e. The van der Waals surface area contributed by atoms with E-state index in [0.29, 0.717) is 17.6 Å². The largest absolute Gasteiger partial charge is 0.357 e. The molecule has 20 heavy (non-hydrogen) atoms. The molecule has 0 aromatic carbocycles. The Morgan fingerprint density at radius 1 is 1.40 bits per heavy atom. The molecule has 102 valence electrons. The molecule has 3 aromatic rings. The van der Waals surface area contributed by atoms with Crippen LogP contribution in [0, 0.1) is 0 Å². The highest BCUT2D eigenvalue weighted by atomic mass is 32.2. The number of H-pyrrole nitrogens is 1. The number of fused-ring (bicyclic) bond motifs is 1. The van der Waals surface area contributed by atoms with E-state index in [1.54, 1.807) is 13.4 Å². The molecule has 1 saturated carbocycles. The van der Waals surface area contributed by atoms with Crippen LogP contribution in [0.4, 0.5) is 5.95 Å². The van der Waals surface area contributed by atoms with Gasteiger partial charge < -0.3 is 10.3 Å². The number of anilines is 1. The van der Waals surface area contributed by atoms with Gasteiger partial charge in [-0.15, -0.1) is 5.10 Å². The van der Waals surface area contributed by atoms with Gasteiger partial charge in [0.1, 0.15) is 10.5 Å². The summed E-state index contributed by atoms with van der Waals surface area (Å²) >= 11 is 1.42. The third-order valence-corrected chi connectivity index (χ3v) is 3.96. The van der Waals surface area contributed by atoms with Gasteiger partial charge in [-0.3, -0.25) is 0 Å². The number of rotatable bonds is 4. The quantitative estimate of drug-likeness (QED) is 0.681. The number of hydrogen-bond acceptors (Lipinski definition) is 8. The minimum atomic E-state index is 0.426. The Kier molecular flexibility index (Phi) is 2.55. The van der Waals surface area contributed by atoms with Crippen molar-refractivity contribution >= 4 is 28.9 Å². The fraction of sp³-hybridized carbons (Fsp3) is 0.400. The minimum absolute atomic E-state index is 0.426. The lowest BCUT2D eigenvalue weighted by molar-refractivity contribution is 0.565. The van der Waals surface area contributed by atoms with Crippen molar-refractivity contribution in [3.63, 3.8) is 0 Å². The van der Waals surface area contributed by atoms with Gasteiger partial charge in [0.05, 0.1) is 12.4 Å². The van der Waals surface area contributed by atoms with E-state index in [0.717, 1.165) is 28.5 Å². The predicted molar refractivity (Wildman–Crippen MR) is 71.4 cm³/mol. The Labute approximate surface area is 117 Å². The smallest absolute Gasteiger partial charge is 0.225 e. The molecule has 1 fully saturated rings. The van der Waals surface area contributed by atoms with Gasteiger partial charge in [-0.25, -0.2) is 14.6 Å². The predicted octanol–water partition coefficient (Wildman–Crippen LogP) is 0.867. The van der Waals surface area contributed by atoms with Crippen LogP contribution in [-0.2, 0) is 0 Å². The summed E-state index contributed by atoms with van der Waals surface area (Å²) < 4.78 is 1.86. The lowest BCUT2D eigenvalue weighted by Gasteiger charge is -2.04. The first-order valence-electron chi connectivity index (χ1n) is 6.20. The molecule has 0 atom stereocenters. The number of tetrazole rings is 1. The molecule has 4 rings (SSSR count). The zero-order valence-corrected chi connectivity index (χ0v) is 11.4. The zero-order chi connectivity index (χ0) is 13.5. The number of hydrogen-bond donors (Lipinski definition) is 2. The number of imidazole rings is 1. The van der Waals surface area contributed by atoms with E-state index < -0.39 is 0 Å². The second-order valence-electron chi connectivity index (χ2n) is 4.44. The van der Waals surface area contributed by atoms with Crippen molar-refractivity contribution in [1.29, 1.82) is 0 Å². The molecule has 9 nitrogen and oxygen atoms in total. The fourth-order valence-electron chi connectivity index (χ4n) is 1.88. The van der Waals surface area contributed by atoms with Gasteiger partial charge in [0.25, 0.3) is 0 Å². The Hall–Kier alpha value is -2.23. The molecule has 0 amide bonds. The summed E-state index contributed by atoms with van der Waals surface area (Å²) in [6.07, 6.45) is 3.86. The van der Waals surface area contributed by atoms with E-state index >= 15 is 0 Å². The van der Waals surface area contributed by atoms with Crippen LogP contribution in [0.2, 0.25) is 0 Å².